The number of para-hydroxylation sites is 1. The summed E-state index contributed by atoms with van der Waals surface area (Å²) in [4.78, 5) is 4.60. The van der Waals surface area contributed by atoms with Gasteiger partial charge in [-0.1, -0.05) is 37.5 Å². The number of aliphatic hydroxyl groups is 1. The summed E-state index contributed by atoms with van der Waals surface area (Å²) in [6, 6.07) is 10.1. The highest BCUT2D eigenvalue weighted by Gasteiger charge is 2.23. The van der Waals surface area contributed by atoms with Gasteiger partial charge in [-0.3, -0.25) is 0 Å². The van der Waals surface area contributed by atoms with Gasteiger partial charge in [-0.05, 0) is 38.3 Å². The molecule has 112 valence electrons. The van der Waals surface area contributed by atoms with Crippen molar-refractivity contribution >= 4 is 10.9 Å². The molecule has 2 aromatic rings. The van der Waals surface area contributed by atoms with Crippen LogP contribution in [0.15, 0.2) is 30.3 Å². The molecule has 2 atom stereocenters. The number of nitrogens with zero attached hydrogens (tertiary/aromatic N) is 1. The zero-order chi connectivity index (χ0) is 14.7. The number of aryl methyl sites for hydroxylation is 1. The number of fused-ring (bicyclic) bond motifs is 1. The lowest BCUT2D eigenvalue weighted by molar-refractivity contribution is 0.0195. The van der Waals surface area contributed by atoms with Gasteiger partial charge in [0, 0.05) is 11.1 Å². The summed E-state index contributed by atoms with van der Waals surface area (Å²) in [5.74, 6) is 0.792. The number of hydrogen-bond donors (Lipinski definition) is 1. The topological polar surface area (TPSA) is 42.4 Å². The van der Waals surface area contributed by atoms with Crippen molar-refractivity contribution in [1.29, 1.82) is 0 Å². The van der Waals surface area contributed by atoms with E-state index in [9.17, 15) is 5.11 Å². The van der Waals surface area contributed by atoms with Gasteiger partial charge in [0.2, 0.25) is 0 Å². The molecule has 2 unspecified atom stereocenters. The number of aliphatic hydroxyl groups excluding tert-OH is 1. The summed E-state index contributed by atoms with van der Waals surface area (Å²) in [7, 11) is 0. The van der Waals surface area contributed by atoms with Gasteiger partial charge in [0.1, 0.15) is 17.4 Å². The number of aromatic nitrogens is 1. The molecule has 1 heterocycles. The third kappa shape index (κ3) is 3.35. The molecule has 3 rings (SSSR count). The summed E-state index contributed by atoms with van der Waals surface area (Å²) in [6.45, 7) is 1.99. The van der Waals surface area contributed by atoms with Crippen LogP contribution in [-0.4, -0.2) is 22.3 Å². The van der Waals surface area contributed by atoms with Gasteiger partial charge in [-0.25, -0.2) is 4.98 Å². The first-order valence-corrected chi connectivity index (χ1v) is 7.95. The van der Waals surface area contributed by atoms with Gasteiger partial charge in [0.05, 0.1) is 6.10 Å². The first kappa shape index (κ1) is 14.3. The van der Waals surface area contributed by atoms with E-state index in [-0.39, 0.29) is 12.2 Å². The first-order valence-electron chi connectivity index (χ1n) is 7.95. The Labute approximate surface area is 126 Å². The van der Waals surface area contributed by atoms with E-state index >= 15 is 0 Å². The molecule has 1 aliphatic carbocycles. The molecule has 21 heavy (non-hydrogen) atoms. The Kier molecular flexibility index (Phi) is 4.39. The maximum atomic E-state index is 10.3. The van der Waals surface area contributed by atoms with Crippen molar-refractivity contribution in [3.8, 4) is 5.75 Å². The predicted molar refractivity (Wildman–Crippen MR) is 84.6 cm³/mol. The van der Waals surface area contributed by atoms with Crippen LogP contribution in [0, 0.1) is 6.92 Å². The molecule has 0 saturated heterocycles. The van der Waals surface area contributed by atoms with E-state index in [0.717, 1.165) is 48.0 Å². The number of ether oxygens (including phenoxy) is 1. The molecule has 1 saturated carbocycles. The second-order valence-electron chi connectivity index (χ2n) is 6.00. The van der Waals surface area contributed by atoms with Gasteiger partial charge >= 0.3 is 0 Å². The second kappa shape index (κ2) is 6.44. The molecule has 0 radical (unpaired) electrons. The third-order valence-electron chi connectivity index (χ3n) is 4.27. The van der Waals surface area contributed by atoms with E-state index in [1.54, 1.807) is 0 Å². The van der Waals surface area contributed by atoms with Crippen molar-refractivity contribution in [2.45, 2.75) is 57.7 Å². The standard InChI is InChI=1S/C18H23NO2/c1-13-11-12-14-7-6-10-17(18(14)19-13)21-16-9-5-3-2-4-8-15(16)20/h6-7,10-12,15-16,20H,2-5,8-9H2,1H3. The number of pyridine rings is 1. The summed E-state index contributed by atoms with van der Waals surface area (Å²) in [6.07, 6.45) is 5.94. The number of benzene rings is 1. The predicted octanol–water partition coefficient (Wildman–Crippen LogP) is 4.01. The Hall–Kier alpha value is -1.61. The van der Waals surface area contributed by atoms with Crippen molar-refractivity contribution in [3.05, 3.63) is 36.0 Å². The Morgan fingerprint density at radius 2 is 1.86 bits per heavy atom. The van der Waals surface area contributed by atoms with Crippen LogP contribution in [0.25, 0.3) is 10.9 Å². The van der Waals surface area contributed by atoms with Crippen LogP contribution in [0.2, 0.25) is 0 Å². The third-order valence-corrected chi connectivity index (χ3v) is 4.27. The highest BCUT2D eigenvalue weighted by atomic mass is 16.5. The maximum Gasteiger partial charge on any atom is 0.146 e. The van der Waals surface area contributed by atoms with E-state index in [1.165, 1.54) is 12.8 Å². The summed E-state index contributed by atoms with van der Waals surface area (Å²) in [5.41, 5.74) is 1.88. The molecule has 0 bridgehead atoms. The van der Waals surface area contributed by atoms with Crippen molar-refractivity contribution in [2.24, 2.45) is 0 Å². The largest absolute Gasteiger partial charge is 0.485 e. The van der Waals surface area contributed by atoms with Crippen LogP contribution in [0.4, 0.5) is 0 Å². The SMILES string of the molecule is Cc1ccc2cccc(OC3CCCCCCC3O)c2n1. The lowest BCUT2D eigenvalue weighted by Gasteiger charge is -2.26. The average Bonchev–Trinajstić information content (AvgIpc) is 2.47. The van der Waals surface area contributed by atoms with Gasteiger partial charge in [0.15, 0.2) is 0 Å². The molecule has 1 aromatic heterocycles. The van der Waals surface area contributed by atoms with Gasteiger partial charge in [-0.15, -0.1) is 0 Å². The van der Waals surface area contributed by atoms with Crippen molar-refractivity contribution in [1.82, 2.24) is 4.98 Å². The van der Waals surface area contributed by atoms with Crippen LogP contribution in [-0.2, 0) is 0 Å². The van der Waals surface area contributed by atoms with Crippen molar-refractivity contribution in [3.63, 3.8) is 0 Å². The Morgan fingerprint density at radius 1 is 1.05 bits per heavy atom. The zero-order valence-electron chi connectivity index (χ0n) is 12.6. The fourth-order valence-electron chi connectivity index (χ4n) is 3.04. The Morgan fingerprint density at radius 3 is 2.71 bits per heavy atom. The van der Waals surface area contributed by atoms with Gasteiger partial charge in [0.25, 0.3) is 0 Å². The first-order chi connectivity index (χ1) is 10.2. The molecular weight excluding hydrogens is 262 g/mol. The molecular formula is C18H23NO2. The smallest absolute Gasteiger partial charge is 0.146 e. The Bertz CT molecular complexity index is 611. The van der Waals surface area contributed by atoms with Crippen LogP contribution >= 0.6 is 0 Å². The lowest BCUT2D eigenvalue weighted by Crippen LogP contribution is -2.32. The highest BCUT2D eigenvalue weighted by Crippen LogP contribution is 2.28. The molecule has 1 aliphatic rings. The fourth-order valence-corrected chi connectivity index (χ4v) is 3.04. The molecule has 3 heteroatoms. The number of rotatable bonds is 2. The maximum absolute atomic E-state index is 10.3. The zero-order valence-corrected chi connectivity index (χ0v) is 12.6. The monoisotopic (exact) mass is 285 g/mol. The van der Waals surface area contributed by atoms with E-state index in [4.69, 9.17) is 4.74 Å². The number of hydrogen-bond acceptors (Lipinski definition) is 3. The molecule has 0 aliphatic heterocycles. The Balaban J connectivity index is 1.87. The molecule has 1 fully saturated rings. The van der Waals surface area contributed by atoms with Crippen LogP contribution < -0.4 is 4.74 Å². The van der Waals surface area contributed by atoms with E-state index in [1.807, 2.05) is 31.2 Å². The molecule has 0 spiro atoms. The van der Waals surface area contributed by atoms with Crippen LogP contribution in [0.1, 0.15) is 44.2 Å². The summed E-state index contributed by atoms with van der Waals surface area (Å²) in [5, 5.41) is 11.4. The molecule has 0 amide bonds. The molecule has 3 nitrogen and oxygen atoms in total. The second-order valence-corrected chi connectivity index (χ2v) is 6.00. The normalized spacial score (nSPS) is 23.5. The summed E-state index contributed by atoms with van der Waals surface area (Å²) >= 11 is 0. The van der Waals surface area contributed by atoms with E-state index < -0.39 is 0 Å². The van der Waals surface area contributed by atoms with Gasteiger partial charge < -0.3 is 9.84 Å². The van der Waals surface area contributed by atoms with E-state index in [2.05, 4.69) is 11.1 Å². The minimum Gasteiger partial charge on any atom is -0.485 e. The van der Waals surface area contributed by atoms with Crippen molar-refractivity contribution in [2.75, 3.05) is 0 Å². The van der Waals surface area contributed by atoms with Crippen LogP contribution in [0.5, 0.6) is 5.75 Å². The van der Waals surface area contributed by atoms with Crippen molar-refractivity contribution < 1.29 is 9.84 Å². The lowest BCUT2D eigenvalue weighted by atomic mass is 9.96. The minimum absolute atomic E-state index is 0.113. The quantitative estimate of drug-likeness (QED) is 0.906. The fraction of sp³-hybridized carbons (Fsp3) is 0.500. The molecule has 1 aromatic carbocycles. The average molecular weight is 285 g/mol. The van der Waals surface area contributed by atoms with E-state index in [0.29, 0.717) is 0 Å². The van der Waals surface area contributed by atoms with Gasteiger partial charge in [-0.2, -0.15) is 0 Å². The minimum atomic E-state index is -0.370. The van der Waals surface area contributed by atoms with Crippen LogP contribution in [0.3, 0.4) is 0 Å². The molecule has 1 N–H and O–H groups in total. The highest BCUT2D eigenvalue weighted by molar-refractivity contribution is 5.84. The summed E-state index contributed by atoms with van der Waals surface area (Å²) < 4.78 is 6.16.